The van der Waals surface area contributed by atoms with Gasteiger partial charge in [-0.3, -0.25) is 0 Å². The molecule has 21 heavy (non-hydrogen) atoms. The predicted octanol–water partition coefficient (Wildman–Crippen LogP) is 4.22. The topological polar surface area (TPSA) is 38.3 Å². The molecule has 0 atom stereocenters. The molecule has 1 amide bonds. The molecule has 1 N–H and O–H groups in total. The molecule has 0 saturated carbocycles. The summed E-state index contributed by atoms with van der Waals surface area (Å²) in [4.78, 5) is 11.4. The molecule has 0 spiro atoms. The fraction of sp³-hybridized carbons (Fsp3) is 0.471. The van der Waals surface area contributed by atoms with Gasteiger partial charge in [-0.25, -0.2) is 4.79 Å². The van der Waals surface area contributed by atoms with E-state index in [1.807, 2.05) is 46.8 Å². The second-order valence-corrected chi connectivity index (χ2v) is 6.33. The highest BCUT2D eigenvalue weighted by Gasteiger charge is 2.15. The number of aryl methyl sites for hydroxylation is 2. The standard InChI is InChI=1S/C17H22ClNO2/c1-12-10-14(18)11-13(2)15(12)8-6-7-9-19-16(20)21-17(3,4)5/h10-11H,7,9H2,1-5H3,(H,19,20). The SMILES string of the molecule is Cc1cc(Cl)cc(C)c1C#CCCNC(=O)OC(C)(C)C. The Balaban J connectivity index is 2.50. The molecule has 0 aliphatic heterocycles. The number of ether oxygens (including phenoxy) is 1. The van der Waals surface area contributed by atoms with E-state index < -0.39 is 11.7 Å². The maximum Gasteiger partial charge on any atom is 0.407 e. The molecule has 0 aliphatic rings. The summed E-state index contributed by atoms with van der Waals surface area (Å²) in [6.07, 6.45) is 0.156. The second kappa shape index (κ2) is 7.38. The van der Waals surface area contributed by atoms with Crippen LogP contribution in [0.25, 0.3) is 0 Å². The molecular formula is C17H22ClNO2. The lowest BCUT2D eigenvalue weighted by Crippen LogP contribution is -2.32. The fourth-order valence-electron chi connectivity index (χ4n) is 1.80. The third-order valence-corrected chi connectivity index (χ3v) is 2.85. The minimum atomic E-state index is -0.479. The van der Waals surface area contributed by atoms with Gasteiger partial charge in [0.15, 0.2) is 0 Å². The van der Waals surface area contributed by atoms with E-state index in [0.717, 1.165) is 21.7 Å². The van der Waals surface area contributed by atoms with Crippen LogP contribution in [0.2, 0.25) is 5.02 Å². The quantitative estimate of drug-likeness (QED) is 0.656. The number of amides is 1. The van der Waals surface area contributed by atoms with Gasteiger partial charge in [-0.1, -0.05) is 23.4 Å². The summed E-state index contributed by atoms with van der Waals surface area (Å²) in [5.41, 5.74) is 2.64. The van der Waals surface area contributed by atoms with E-state index in [-0.39, 0.29) is 0 Å². The summed E-state index contributed by atoms with van der Waals surface area (Å²) in [5, 5.41) is 3.40. The van der Waals surface area contributed by atoms with Gasteiger partial charge < -0.3 is 10.1 Å². The van der Waals surface area contributed by atoms with Crippen LogP contribution in [0.5, 0.6) is 0 Å². The van der Waals surface area contributed by atoms with Gasteiger partial charge in [0.25, 0.3) is 0 Å². The molecule has 0 radical (unpaired) electrons. The molecule has 0 aliphatic carbocycles. The van der Waals surface area contributed by atoms with Crippen molar-refractivity contribution in [2.45, 2.75) is 46.6 Å². The average molecular weight is 308 g/mol. The molecule has 114 valence electrons. The van der Waals surface area contributed by atoms with E-state index in [0.29, 0.717) is 13.0 Å². The van der Waals surface area contributed by atoms with Crippen LogP contribution in [0.4, 0.5) is 4.79 Å². The summed E-state index contributed by atoms with van der Waals surface area (Å²) in [7, 11) is 0. The molecule has 1 aromatic carbocycles. The maximum absolute atomic E-state index is 11.4. The van der Waals surface area contributed by atoms with Crippen molar-refractivity contribution in [2.24, 2.45) is 0 Å². The number of benzene rings is 1. The van der Waals surface area contributed by atoms with Crippen LogP contribution in [-0.4, -0.2) is 18.2 Å². The van der Waals surface area contributed by atoms with Crippen LogP contribution < -0.4 is 5.32 Å². The summed E-state index contributed by atoms with van der Waals surface area (Å²) >= 11 is 5.98. The molecule has 0 bridgehead atoms. The van der Waals surface area contributed by atoms with Gasteiger partial charge in [0.1, 0.15) is 5.60 Å². The molecule has 0 saturated heterocycles. The maximum atomic E-state index is 11.4. The first-order valence-corrected chi connectivity index (χ1v) is 7.29. The van der Waals surface area contributed by atoms with Gasteiger partial charge in [0.2, 0.25) is 0 Å². The van der Waals surface area contributed by atoms with Crippen LogP contribution in [0.15, 0.2) is 12.1 Å². The zero-order valence-electron chi connectivity index (χ0n) is 13.3. The normalized spacial score (nSPS) is 10.6. The van der Waals surface area contributed by atoms with E-state index >= 15 is 0 Å². The van der Waals surface area contributed by atoms with E-state index in [1.54, 1.807) is 0 Å². The third-order valence-electron chi connectivity index (χ3n) is 2.63. The van der Waals surface area contributed by atoms with E-state index in [2.05, 4.69) is 17.2 Å². The second-order valence-electron chi connectivity index (χ2n) is 5.90. The fourth-order valence-corrected chi connectivity index (χ4v) is 2.13. The number of nitrogens with one attached hydrogen (secondary N) is 1. The Hall–Kier alpha value is -1.66. The highest BCUT2D eigenvalue weighted by Crippen LogP contribution is 2.19. The zero-order chi connectivity index (χ0) is 16.0. The summed E-state index contributed by atoms with van der Waals surface area (Å²) in [6.45, 7) is 9.94. The number of halogens is 1. The van der Waals surface area contributed by atoms with Gasteiger partial charge in [0, 0.05) is 23.6 Å². The molecule has 0 unspecified atom stereocenters. The summed E-state index contributed by atoms with van der Waals surface area (Å²) < 4.78 is 5.14. The smallest absolute Gasteiger partial charge is 0.407 e. The molecule has 0 fully saturated rings. The van der Waals surface area contributed by atoms with Crippen LogP contribution in [-0.2, 0) is 4.74 Å². The lowest BCUT2D eigenvalue weighted by molar-refractivity contribution is 0.0529. The van der Waals surface area contributed by atoms with Crippen LogP contribution in [0.3, 0.4) is 0 Å². The van der Waals surface area contributed by atoms with Gasteiger partial charge in [0.05, 0.1) is 0 Å². The van der Waals surface area contributed by atoms with Gasteiger partial charge in [-0.15, -0.1) is 0 Å². The Kier molecular flexibility index (Phi) is 6.11. The lowest BCUT2D eigenvalue weighted by atomic mass is 10.0. The molecule has 1 aromatic rings. The summed E-state index contributed by atoms with van der Waals surface area (Å²) in [5.74, 6) is 6.19. The van der Waals surface area contributed by atoms with E-state index in [4.69, 9.17) is 16.3 Å². The first-order valence-electron chi connectivity index (χ1n) is 6.91. The Morgan fingerprint density at radius 3 is 2.38 bits per heavy atom. The average Bonchev–Trinajstić information content (AvgIpc) is 2.29. The van der Waals surface area contributed by atoms with Crippen LogP contribution in [0, 0.1) is 25.7 Å². The number of carbonyl (C=O) groups excluding carboxylic acids is 1. The van der Waals surface area contributed by atoms with Crippen LogP contribution in [0.1, 0.15) is 43.9 Å². The largest absolute Gasteiger partial charge is 0.444 e. The van der Waals surface area contributed by atoms with Crippen molar-refractivity contribution in [1.82, 2.24) is 5.32 Å². The molecule has 3 nitrogen and oxygen atoms in total. The third kappa shape index (κ3) is 6.55. The van der Waals surface area contributed by atoms with Gasteiger partial charge >= 0.3 is 6.09 Å². The molecule has 1 rings (SSSR count). The van der Waals surface area contributed by atoms with Crippen LogP contribution >= 0.6 is 11.6 Å². The molecule has 0 heterocycles. The first-order chi connectivity index (χ1) is 9.69. The van der Waals surface area contributed by atoms with Crippen molar-refractivity contribution < 1.29 is 9.53 Å². The van der Waals surface area contributed by atoms with Crippen molar-refractivity contribution >= 4 is 17.7 Å². The Bertz CT molecular complexity index is 554. The predicted molar refractivity (Wildman–Crippen MR) is 86.7 cm³/mol. The van der Waals surface area contributed by atoms with Crippen molar-refractivity contribution in [3.8, 4) is 11.8 Å². The lowest BCUT2D eigenvalue weighted by Gasteiger charge is -2.19. The molecule has 4 heteroatoms. The minimum Gasteiger partial charge on any atom is -0.444 e. The monoisotopic (exact) mass is 307 g/mol. The highest BCUT2D eigenvalue weighted by atomic mass is 35.5. The first kappa shape index (κ1) is 17.4. The zero-order valence-corrected chi connectivity index (χ0v) is 14.0. The number of hydrogen-bond acceptors (Lipinski definition) is 2. The van der Waals surface area contributed by atoms with Crippen molar-refractivity contribution in [2.75, 3.05) is 6.54 Å². The minimum absolute atomic E-state index is 0.414. The van der Waals surface area contributed by atoms with E-state index in [9.17, 15) is 4.79 Å². The van der Waals surface area contributed by atoms with Crippen molar-refractivity contribution in [3.63, 3.8) is 0 Å². The summed E-state index contributed by atoms with van der Waals surface area (Å²) in [6, 6.07) is 3.80. The highest BCUT2D eigenvalue weighted by molar-refractivity contribution is 6.30. The van der Waals surface area contributed by atoms with Crippen molar-refractivity contribution in [1.29, 1.82) is 0 Å². The molecular weight excluding hydrogens is 286 g/mol. The number of hydrogen-bond donors (Lipinski definition) is 1. The Morgan fingerprint density at radius 2 is 1.86 bits per heavy atom. The number of rotatable bonds is 2. The Labute approximate surface area is 132 Å². The number of alkyl carbamates (subject to hydrolysis) is 1. The van der Waals surface area contributed by atoms with Crippen molar-refractivity contribution in [3.05, 3.63) is 33.8 Å². The van der Waals surface area contributed by atoms with E-state index in [1.165, 1.54) is 0 Å². The number of carbonyl (C=O) groups is 1. The van der Waals surface area contributed by atoms with Gasteiger partial charge in [-0.2, -0.15) is 0 Å². The Morgan fingerprint density at radius 1 is 1.29 bits per heavy atom. The molecule has 0 aromatic heterocycles. The van der Waals surface area contributed by atoms with Gasteiger partial charge in [-0.05, 0) is 57.9 Å².